The highest BCUT2D eigenvalue weighted by atomic mass is 19.1. The zero-order valence-corrected chi connectivity index (χ0v) is 10.5. The molecular weight excluding hydrogens is 245 g/mol. The highest BCUT2D eigenvalue weighted by molar-refractivity contribution is 5.41. The Balaban J connectivity index is 1.57. The van der Waals surface area contributed by atoms with Gasteiger partial charge in [0.2, 0.25) is 0 Å². The Morgan fingerprint density at radius 1 is 1.42 bits per heavy atom. The molecule has 0 spiro atoms. The molecule has 1 fully saturated rings. The van der Waals surface area contributed by atoms with E-state index in [-0.39, 0.29) is 5.82 Å². The average molecular weight is 261 g/mol. The van der Waals surface area contributed by atoms with Crippen LogP contribution >= 0.6 is 0 Å². The van der Waals surface area contributed by atoms with Crippen molar-refractivity contribution >= 4 is 5.82 Å². The van der Waals surface area contributed by atoms with Crippen molar-refractivity contribution in [1.82, 2.24) is 20.3 Å². The molecule has 1 aliphatic heterocycles. The molecule has 0 bridgehead atoms. The molecule has 100 valence electrons. The standard InChI is InChI=1S/C13H16FN5/c14-11-2-1-4-17-13(11)19-7-3-10(9-19)18-8-12-15-5-6-16-12/h1-2,4-6,10,18H,3,7-9H2,(H,15,16). The van der Waals surface area contributed by atoms with Gasteiger partial charge in [-0.05, 0) is 18.6 Å². The molecule has 1 saturated heterocycles. The number of aromatic amines is 1. The average Bonchev–Trinajstić information content (AvgIpc) is 3.08. The summed E-state index contributed by atoms with van der Waals surface area (Å²) in [5, 5.41) is 3.42. The zero-order valence-electron chi connectivity index (χ0n) is 10.5. The third-order valence-corrected chi connectivity index (χ3v) is 3.34. The molecule has 1 atom stereocenters. The third-order valence-electron chi connectivity index (χ3n) is 3.34. The first-order chi connectivity index (χ1) is 9.33. The summed E-state index contributed by atoms with van der Waals surface area (Å²) >= 11 is 0. The molecule has 2 N–H and O–H groups in total. The van der Waals surface area contributed by atoms with Crippen molar-refractivity contribution in [3.63, 3.8) is 0 Å². The van der Waals surface area contributed by atoms with Gasteiger partial charge in [-0.2, -0.15) is 0 Å². The predicted octanol–water partition coefficient (Wildman–Crippen LogP) is 1.31. The van der Waals surface area contributed by atoms with E-state index in [4.69, 9.17) is 0 Å². The van der Waals surface area contributed by atoms with Crippen molar-refractivity contribution in [2.45, 2.75) is 19.0 Å². The molecule has 3 rings (SSSR count). The van der Waals surface area contributed by atoms with Crippen molar-refractivity contribution < 1.29 is 4.39 Å². The number of anilines is 1. The number of pyridine rings is 1. The van der Waals surface area contributed by atoms with Crippen LogP contribution in [0, 0.1) is 5.82 Å². The molecule has 1 aliphatic rings. The Morgan fingerprint density at radius 3 is 3.16 bits per heavy atom. The Labute approximate surface area is 110 Å². The first-order valence-corrected chi connectivity index (χ1v) is 6.40. The van der Waals surface area contributed by atoms with Crippen LogP contribution < -0.4 is 10.2 Å². The number of aromatic nitrogens is 3. The normalized spacial score (nSPS) is 19.0. The fourth-order valence-corrected chi connectivity index (χ4v) is 2.36. The fraction of sp³-hybridized carbons (Fsp3) is 0.385. The van der Waals surface area contributed by atoms with Crippen LogP contribution in [0.4, 0.5) is 10.2 Å². The van der Waals surface area contributed by atoms with E-state index in [1.54, 1.807) is 24.7 Å². The molecular formula is C13H16FN5. The first-order valence-electron chi connectivity index (χ1n) is 6.40. The highest BCUT2D eigenvalue weighted by Gasteiger charge is 2.24. The second kappa shape index (κ2) is 5.36. The fourth-order valence-electron chi connectivity index (χ4n) is 2.36. The number of hydrogen-bond acceptors (Lipinski definition) is 4. The zero-order chi connectivity index (χ0) is 13.1. The maximum atomic E-state index is 13.6. The molecule has 5 nitrogen and oxygen atoms in total. The van der Waals surface area contributed by atoms with E-state index in [1.807, 2.05) is 4.90 Å². The van der Waals surface area contributed by atoms with Gasteiger partial charge in [0.15, 0.2) is 11.6 Å². The number of hydrogen-bond donors (Lipinski definition) is 2. The van der Waals surface area contributed by atoms with Crippen LogP contribution in [0.15, 0.2) is 30.7 Å². The van der Waals surface area contributed by atoms with Crippen molar-refractivity contribution in [3.05, 3.63) is 42.4 Å². The van der Waals surface area contributed by atoms with Crippen molar-refractivity contribution in [2.24, 2.45) is 0 Å². The lowest BCUT2D eigenvalue weighted by molar-refractivity contribution is 0.539. The molecule has 6 heteroatoms. The van der Waals surface area contributed by atoms with E-state index in [1.165, 1.54) is 6.07 Å². The summed E-state index contributed by atoms with van der Waals surface area (Å²) in [5.41, 5.74) is 0. The molecule has 3 heterocycles. The van der Waals surface area contributed by atoms with Gasteiger partial charge in [-0.1, -0.05) is 0 Å². The Bertz CT molecular complexity index is 528. The lowest BCUT2D eigenvalue weighted by Crippen LogP contribution is -2.32. The van der Waals surface area contributed by atoms with Gasteiger partial charge in [0.1, 0.15) is 5.82 Å². The third kappa shape index (κ3) is 2.73. The van der Waals surface area contributed by atoms with Crippen LogP contribution in [0.5, 0.6) is 0 Å². The molecule has 2 aromatic rings. The Kier molecular flexibility index (Phi) is 3.41. The summed E-state index contributed by atoms with van der Waals surface area (Å²) < 4.78 is 13.6. The van der Waals surface area contributed by atoms with Crippen LogP contribution in [0.2, 0.25) is 0 Å². The predicted molar refractivity (Wildman–Crippen MR) is 70.2 cm³/mol. The van der Waals surface area contributed by atoms with E-state index < -0.39 is 0 Å². The first kappa shape index (κ1) is 12.1. The molecule has 0 aliphatic carbocycles. The van der Waals surface area contributed by atoms with Crippen molar-refractivity contribution in [3.8, 4) is 0 Å². The van der Waals surface area contributed by atoms with Gasteiger partial charge in [-0.25, -0.2) is 14.4 Å². The van der Waals surface area contributed by atoms with Gasteiger partial charge in [-0.3, -0.25) is 0 Å². The number of nitrogens with one attached hydrogen (secondary N) is 2. The molecule has 2 aromatic heterocycles. The molecule has 0 saturated carbocycles. The summed E-state index contributed by atoms with van der Waals surface area (Å²) in [4.78, 5) is 13.3. The number of halogens is 1. The van der Waals surface area contributed by atoms with Crippen LogP contribution in [0.25, 0.3) is 0 Å². The van der Waals surface area contributed by atoms with Gasteiger partial charge in [0.25, 0.3) is 0 Å². The van der Waals surface area contributed by atoms with Gasteiger partial charge in [-0.15, -0.1) is 0 Å². The van der Waals surface area contributed by atoms with Gasteiger partial charge in [0.05, 0.1) is 6.54 Å². The molecule has 0 radical (unpaired) electrons. The maximum Gasteiger partial charge on any atom is 0.165 e. The Morgan fingerprint density at radius 2 is 2.37 bits per heavy atom. The minimum absolute atomic E-state index is 0.255. The molecule has 1 unspecified atom stereocenters. The van der Waals surface area contributed by atoms with E-state index in [0.717, 1.165) is 25.3 Å². The van der Waals surface area contributed by atoms with Crippen LogP contribution in [-0.2, 0) is 6.54 Å². The van der Waals surface area contributed by atoms with Crippen LogP contribution in [0.1, 0.15) is 12.2 Å². The van der Waals surface area contributed by atoms with E-state index >= 15 is 0 Å². The van der Waals surface area contributed by atoms with Gasteiger partial charge >= 0.3 is 0 Å². The summed E-state index contributed by atoms with van der Waals surface area (Å²) in [6, 6.07) is 3.40. The number of nitrogens with zero attached hydrogens (tertiary/aromatic N) is 3. The lowest BCUT2D eigenvalue weighted by atomic mass is 10.2. The SMILES string of the molecule is Fc1cccnc1N1CCC(NCc2ncc[nH]2)C1. The summed E-state index contributed by atoms with van der Waals surface area (Å²) in [7, 11) is 0. The minimum atomic E-state index is -0.255. The monoisotopic (exact) mass is 261 g/mol. The largest absolute Gasteiger partial charge is 0.353 e. The second-order valence-electron chi connectivity index (χ2n) is 4.66. The summed E-state index contributed by atoms with van der Waals surface area (Å²) in [6.45, 7) is 2.30. The van der Waals surface area contributed by atoms with Crippen LogP contribution in [-0.4, -0.2) is 34.1 Å². The van der Waals surface area contributed by atoms with Crippen molar-refractivity contribution in [1.29, 1.82) is 0 Å². The summed E-state index contributed by atoms with van der Waals surface area (Å²) in [6.07, 6.45) is 6.15. The maximum absolute atomic E-state index is 13.6. The number of imidazole rings is 1. The minimum Gasteiger partial charge on any atom is -0.353 e. The quantitative estimate of drug-likeness (QED) is 0.871. The smallest absolute Gasteiger partial charge is 0.165 e. The Hall–Kier alpha value is -1.95. The topological polar surface area (TPSA) is 56.8 Å². The van der Waals surface area contributed by atoms with Crippen LogP contribution in [0.3, 0.4) is 0 Å². The van der Waals surface area contributed by atoms with E-state index in [2.05, 4.69) is 20.3 Å². The lowest BCUT2D eigenvalue weighted by Gasteiger charge is -2.18. The van der Waals surface area contributed by atoms with Gasteiger partial charge in [0, 0.05) is 37.7 Å². The second-order valence-corrected chi connectivity index (χ2v) is 4.66. The number of rotatable bonds is 4. The van der Waals surface area contributed by atoms with Gasteiger partial charge < -0.3 is 15.2 Å². The highest BCUT2D eigenvalue weighted by Crippen LogP contribution is 2.20. The van der Waals surface area contributed by atoms with Crippen molar-refractivity contribution in [2.75, 3.05) is 18.0 Å². The summed E-state index contributed by atoms with van der Waals surface area (Å²) in [5.74, 6) is 1.11. The number of H-pyrrole nitrogens is 1. The van der Waals surface area contributed by atoms with E-state index in [9.17, 15) is 4.39 Å². The van der Waals surface area contributed by atoms with E-state index in [0.29, 0.717) is 18.4 Å². The molecule has 0 aromatic carbocycles. The molecule has 19 heavy (non-hydrogen) atoms. The molecule has 0 amide bonds.